The van der Waals surface area contributed by atoms with Crippen LogP contribution in [0.15, 0.2) is 48.2 Å². The predicted molar refractivity (Wildman–Crippen MR) is 173 cm³/mol. The first-order chi connectivity index (χ1) is 19.8. The number of ether oxygens (including phenoxy) is 1. The van der Waals surface area contributed by atoms with Crippen molar-refractivity contribution in [2.24, 2.45) is 46.3 Å². The van der Waals surface area contributed by atoms with Gasteiger partial charge in [-0.15, -0.1) is 0 Å². The maximum Gasteiger partial charge on any atom is 0.0722 e. The van der Waals surface area contributed by atoms with E-state index >= 15 is 0 Å². The molecule has 224 valence electrons. The summed E-state index contributed by atoms with van der Waals surface area (Å²) in [5.74, 6) is 5.42. The van der Waals surface area contributed by atoms with E-state index in [1.807, 2.05) is 12.3 Å². The highest BCUT2D eigenvalue weighted by atomic mass is 16.5. The highest BCUT2D eigenvalue weighted by Gasteiger charge is 2.59. The van der Waals surface area contributed by atoms with Gasteiger partial charge < -0.3 is 10.1 Å². The summed E-state index contributed by atoms with van der Waals surface area (Å²) in [6, 6.07) is 10.5. The summed E-state index contributed by atoms with van der Waals surface area (Å²) in [4.78, 5) is 4.49. The molecule has 0 saturated heterocycles. The number of benzene rings is 1. The Bertz CT molecular complexity index is 1210. The van der Waals surface area contributed by atoms with Crippen LogP contribution < -0.4 is 5.32 Å². The molecule has 1 aromatic carbocycles. The number of nitrogens with one attached hydrogen (secondary N) is 1. The molecule has 1 N–H and O–H groups in total. The van der Waals surface area contributed by atoms with Crippen LogP contribution in [0, 0.1) is 46.3 Å². The fraction of sp³-hybridized carbons (Fsp3) is 0.711. The third kappa shape index (κ3) is 5.62. The van der Waals surface area contributed by atoms with E-state index in [4.69, 9.17) is 4.74 Å². The highest BCUT2D eigenvalue weighted by Crippen LogP contribution is 2.67. The van der Waals surface area contributed by atoms with E-state index in [9.17, 15) is 0 Å². The molecule has 3 fully saturated rings. The topological polar surface area (TPSA) is 34.1 Å². The number of allylic oxidation sites excluding steroid dienone is 1. The fourth-order valence-electron chi connectivity index (χ4n) is 10.5. The van der Waals surface area contributed by atoms with Crippen molar-refractivity contribution in [3.63, 3.8) is 0 Å². The summed E-state index contributed by atoms with van der Waals surface area (Å²) in [5, 5.41) is 4.78. The van der Waals surface area contributed by atoms with Crippen LogP contribution in [-0.4, -0.2) is 24.2 Å². The van der Waals surface area contributed by atoms with Gasteiger partial charge in [0.25, 0.3) is 0 Å². The molecule has 6 rings (SSSR count). The Morgan fingerprint density at radius 3 is 2.71 bits per heavy atom. The maximum absolute atomic E-state index is 6.50. The van der Waals surface area contributed by atoms with E-state index in [1.54, 1.807) is 5.57 Å². The van der Waals surface area contributed by atoms with Crippen molar-refractivity contribution in [3.05, 3.63) is 48.2 Å². The zero-order chi connectivity index (χ0) is 28.6. The van der Waals surface area contributed by atoms with Gasteiger partial charge in [0, 0.05) is 23.8 Å². The third-order valence-electron chi connectivity index (χ3n) is 12.7. The molecule has 0 radical (unpaired) electrons. The lowest BCUT2D eigenvalue weighted by atomic mass is 9.47. The number of rotatable bonds is 10. The predicted octanol–water partition coefficient (Wildman–Crippen LogP) is 10.1. The van der Waals surface area contributed by atoms with Gasteiger partial charge in [0.1, 0.15) is 0 Å². The molecule has 41 heavy (non-hydrogen) atoms. The average molecular weight is 557 g/mol. The van der Waals surface area contributed by atoms with Gasteiger partial charge in [-0.2, -0.15) is 0 Å². The number of pyridine rings is 1. The summed E-state index contributed by atoms with van der Waals surface area (Å²) in [5.41, 5.74) is 4.91. The van der Waals surface area contributed by atoms with Gasteiger partial charge in [0.2, 0.25) is 0 Å². The van der Waals surface area contributed by atoms with Gasteiger partial charge in [-0.1, -0.05) is 71.6 Å². The molecule has 3 heteroatoms. The number of hydrogen-bond donors (Lipinski definition) is 1. The van der Waals surface area contributed by atoms with E-state index in [1.165, 1.54) is 69.6 Å². The Hall–Kier alpha value is -1.87. The summed E-state index contributed by atoms with van der Waals surface area (Å²) in [6.45, 7) is 14.3. The minimum atomic E-state index is 0.373. The molecule has 0 bridgehead atoms. The molecule has 2 aromatic rings. The Morgan fingerprint density at radius 1 is 0.976 bits per heavy atom. The van der Waals surface area contributed by atoms with E-state index in [2.05, 4.69) is 75.3 Å². The molecule has 3 nitrogen and oxygen atoms in total. The number of aromatic nitrogens is 1. The third-order valence-corrected chi connectivity index (χ3v) is 12.7. The molecule has 1 aromatic heterocycles. The molecule has 1 heterocycles. The normalized spacial score (nSPS) is 35.5. The zero-order valence-electron chi connectivity index (χ0n) is 26.6. The first-order valence-electron chi connectivity index (χ1n) is 17.2. The number of anilines is 1. The van der Waals surface area contributed by atoms with Crippen molar-refractivity contribution in [3.8, 4) is 0 Å². The SMILES string of the molecule is CC(C)CCC[C@@H](C)[C@H]1CCC2C3CC=C4C[C@@H](OCCNc5cccc6ncccc56)CC[C@]4(C)C3CC[C@@]21C. The van der Waals surface area contributed by atoms with Gasteiger partial charge in [-0.25, -0.2) is 0 Å². The van der Waals surface area contributed by atoms with Crippen LogP contribution >= 0.6 is 0 Å². The van der Waals surface area contributed by atoms with Crippen molar-refractivity contribution in [2.45, 2.75) is 111 Å². The lowest BCUT2D eigenvalue weighted by Crippen LogP contribution is -2.51. The van der Waals surface area contributed by atoms with Gasteiger partial charge in [-0.3, -0.25) is 4.98 Å². The summed E-state index contributed by atoms with van der Waals surface area (Å²) in [7, 11) is 0. The van der Waals surface area contributed by atoms with Crippen molar-refractivity contribution in [1.29, 1.82) is 0 Å². The Morgan fingerprint density at radius 2 is 1.85 bits per heavy atom. The van der Waals surface area contributed by atoms with Gasteiger partial charge >= 0.3 is 0 Å². The summed E-state index contributed by atoms with van der Waals surface area (Å²) < 4.78 is 6.50. The number of fused-ring (bicyclic) bond motifs is 6. The van der Waals surface area contributed by atoms with E-state index in [0.717, 1.165) is 66.3 Å². The molecule has 0 spiro atoms. The molecule has 8 atom stereocenters. The second-order valence-corrected chi connectivity index (χ2v) is 15.3. The van der Waals surface area contributed by atoms with Crippen LogP contribution in [0.5, 0.6) is 0 Å². The van der Waals surface area contributed by atoms with Crippen molar-refractivity contribution in [2.75, 3.05) is 18.5 Å². The molecule has 3 unspecified atom stereocenters. The van der Waals surface area contributed by atoms with Crippen LogP contribution in [0.1, 0.15) is 105 Å². The summed E-state index contributed by atoms with van der Waals surface area (Å²) >= 11 is 0. The molecule has 0 amide bonds. The van der Waals surface area contributed by atoms with Gasteiger partial charge in [0.05, 0.1) is 18.2 Å². The van der Waals surface area contributed by atoms with Crippen LogP contribution in [0.4, 0.5) is 5.69 Å². The molecular formula is C38H56N2O. The van der Waals surface area contributed by atoms with Crippen LogP contribution in [0.2, 0.25) is 0 Å². The zero-order valence-corrected chi connectivity index (χ0v) is 26.6. The Labute approximate surface area is 250 Å². The molecule has 4 aliphatic carbocycles. The van der Waals surface area contributed by atoms with Crippen molar-refractivity contribution < 1.29 is 4.74 Å². The largest absolute Gasteiger partial charge is 0.382 e. The molecule has 0 aliphatic heterocycles. The smallest absolute Gasteiger partial charge is 0.0722 e. The number of hydrogen-bond acceptors (Lipinski definition) is 3. The quantitative estimate of drug-likeness (QED) is 0.233. The van der Waals surface area contributed by atoms with Gasteiger partial charge in [-0.05, 0) is 122 Å². The standard InChI is InChI=1S/C38H56N2O/c1-26(2)9-6-10-27(3)32-16-17-33-30-15-14-28-25-29(18-20-37(28,4)34(30)19-21-38(32,33)5)41-24-23-40-36-13-7-12-35-31(36)11-8-22-39-35/h7-8,11-14,22,26-27,29-30,32-34,40H,6,9-10,15-21,23-25H2,1-5H3/t27-,29+,30?,32-,33?,34?,37+,38-/m1/s1. The fourth-order valence-corrected chi connectivity index (χ4v) is 10.5. The molecule has 4 aliphatic rings. The Kier molecular flexibility index (Phi) is 8.56. The summed E-state index contributed by atoms with van der Waals surface area (Å²) in [6.07, 6.45) is 20.1. The average Bonchev–Trinajstić information content (AvgIpc) is 3.32. The van der Waals surface area contributed by atoms with Crippen molar-refractivity contribution >= 4 is 16.6 Å². The highest BCUT2D eigenvalue weighted by molar-refractivity contribution is 5.91. The van der Waals surface area contributed by atoms with Crippen LogP contribution in [0.25, 0.3) is 10.9 Å². The first-order valence-corrected chi connectivity index (χ1v) is 17.2. The van der Waals surface area contributed by atoms with E-state index in [0.29, 0.717) is 16.9 Å². The van der Waals surface area contributed by atoms with E-state index < -0.39 is 0 Å². The van der Waals surface area contributed by atoms with Crippen LogP contribution in [0.3, 0.4) is 0 Å². The van der Waals surface area contributed by atoms with Crippen molar-refractivity contribution in [1.82, 2.24) is 4.98 Å². The minimum Gasteiger partial charge on any atom is -0.382 e. The monoisotopic (exact) mass is 556 g/mol. The lowest BCUT2D eigenvalue weighted by molar-refractivity contribution is -0.0632. The second-order valence-electron chi connectivity index (χ2n) is 15.3. The molecule has 3 saturated carbocycles. The van der Waals surface area contributed by atoms with Crippen LogP contribution in [-0.2, 0) is 4.74 Å². The number of nitrogens with zero attached hydrogens (tertiary/aromatic N) is 1. The first kappa shape index (κ1) is 29.2. The van der Waals surface area contributed by atoms with E-state index in [-0.39, 0.29) is 0 Å². The second kappa shape index (κ2) is 12.0. The molecular weight excluding hydrogens is 500 g/mol. The minimum absolute atomic E-state index is 0.373. The lowest BCUT2D eigenvalue weighted by Gasteiger charge is -2.58. The maximum atomic E-state index is 6.50. The Balaban J connectivity index is 1.04. The van der Waals surface area contributed by atoms with Gasteiger partial charge in [0.15, 0.2) is 0 Å².